The van der Waals surface area contributed by atoms with Gasteiger partial charge in [-0.1, -0.05) is 6.07 Å². The van der Waals surface area contributed by atoms with Gasteiger partial charge in [0.2, 0.25) is 0 Å². The van der Waals surface area contributed by atoms with Crippen LogP contribution in [-0.2, 0) is 4.74 Å². The third-order valence-corrected chi connectivity index (χ3v) is 4.37. The van der Waals surface area contributed by atoms with Crippen molar-refractivity contribution in [3.8, 4) is 5.75 Å². The van der Waals surface area contributed by atoms with E-state index < -0.39 is 28.9 Å². The van der Waals surface area contributed by atoms with E-state index in [1.807, 2.05) is 0 Å². The fourth-order valence-electron chi connectivity index (χ4n) is 2.91. The van der Waals surface area contributed by atoms with E-state index in [1.165, 1.54) is 0 Å². The quantitative estimate of drug-likeness (QED) is 0.863. The van der Waals surface area contributed by atoms with E-state index in [-0.39, 0.29) is 5.91 Å². The van der Waals surface area contributed by atoms with Gasteiger partial charge in [0.1, 0.15) is 22.9 Å². The summed E-state index contributed by atoms with van der Waals surface area (Å²) >= 11 is 0. The van der Waals surface area contributed by atoms with E-state index in [4.69, 9.17) is 4.74 Å². The molecule has 1 aliphatic heterocycles. The number of ether oxygens (including phenoxy) is 1. The summed E-state index contributed by atoms with van der Waals surface area (Å²) < 4.78 is 32.2. The van der Waals surface area contributed by atoms with Crippen LogP contribution in [0.1, 0.15) is 26.3 Å². The normalized spacial score (nSPS) is 14.1. The highest BCUT2D eigenvalue weighted by Crippen LogP contribution is 2.26. The molecule has 8 heteroatoms. The van der Waals surface area contributed by atoms with Crippen molar-refractivity contribution in [2.45, 2.75) is 6.92 Å². The van der Waals surface area contributed by atoms with Crippen LogP contribution < -0.4 is 5.32 Å². The molecule has 0 aromatic heterocycles. The van der Waals surface area contributed by atoms with E-state index in [2.05, 4.69) is 5.32 Å². The van der Waals surface area contributed by atoms with Gasteiger partial charge in [-0.25, -0.2) is 8.78 Å². The molecule has 0 unspecified atom stereocenters. The average molecular weight is 376 g/mol. The molecule has 142 valence electrons. The van der Waals surface area contributed by atoms with Gasteiger partial charge < -0.3 is 20.1 Å². The number of amides is 2. The Morgan fingerprint density at radius 2 is 1.89 bits per heavy atom. The standard InChI is InChI=1S/C19H18F2N2O4/c1-11-13(19(26)23-5-7-27-8-6-23)3-2-4-15(11)22-18(25)17-14(21)9-12(20)10-16(17)24/h2-4,9-10,24H,5-8H2,1H3,(H,22,25). The smallest absolute Gasteiger partial charge is 0.262 e. The van der Waals surface area contributed by atoms with Crippen LogP contribution in [0.2, 0.25) is 0 Å². The van der Waals surface area contributed by atoms with Crippen molar-refractivity contribution < 1.29 is 28.2 Å². The van der Waals surface area contributed by atoms with Crippen molar-refractivity contribution in [3.63, 3.8) is 0 Å². The zero-order valence-electron chi connectivity index (χ0n) is 14.6. The predicted molar refractivity (Wildman–Crippen MR) is 93.9 cm³/mol. The molecule has 0 bridgehead atoms. The van der Waals surface area contributed by atoms with Crippen LogP contribution in [0.4, 0.5) is 14.5 Å². The van der Waals surface area contributed by atoms with Crippen LogP contribution in [0, 0.1) is 18.6 Å². The zero-order valence-corrected chi connectivity index (χ0v) is 14.6. The maximum absolute atomic E-state index is 13.9. The number of halogens is 2. The van der Waals surface area contributed by atoms with Crippen molar-refractivity contribution in [2.75, 3.05) is 31.6 Å². The van der Waals surface area contributed by atoms with Crippen LogP contribution in [0.3, 0.4) is 0 Å². The van der Waals surface area contributed by atoms with Crippen molar-refractivity contribution >= 4 is 17.5 Å². The average Bonchev–Trinajstić information content (AvgIpc) is 2.63. The molecule has 0 saturated carbocycles. The van der Waals surface area contributed by atoms with Gasteiger partial charge >= 0.3 is 0 Å². The molecular weight excluding hydrogens is 358 g/mol. The number of aromatic hydroxyl groups is 1. The number of phenolic OH excluding ortho intramolecular Hbond substituents is 1. The summed E-state index contributed by atoms with van der Waals surface area (Å²) in [7, 11) is 0. The van der Waals surface area contributed by atoms with E-state index in [9.17, 15) is 23.5 Å². The number of carbonyl (C=O) groups excluding carboxylic acids is 2. The Hall–Kier alpha value is -3.00. The first-order chi connectivity index (χ1) is 12.9. The minimum absolute atomic E-state index is 0.192. The topological polar surface area (TPSA) is 78.9 Å². The van der Waals surface area contributed by atoms with E-state index in [0.29, 0.717) is 55.3 Å². The van der Waals surface area contributed by atoms with Crippen LogP contribution in [0.5, 0.6) is 5.75 Å². The van der Waals surface area contributed by atoms with Gasteiger partial charge in [0.25, 0.3) is 11.8 Å². The van der Waals surface area contributed by atoms with Crippen molar-refractivity contribution in [1.29, 1.82) is 0 Å². The van der Waals surface area contributed by atoms with Crippen molar-refractivity contribution in [2.24, 2.45) is 0 Å². The van der Waals surface area contributed by atoms with Gasteiger partial charge in [0.15, 0.2) is 0 Å². The Morgan fingerprint density at radius 3 is 2.56 bits per heavy atom. The predicted octanol–water partition coefficient (Wildman–Crippen LogP) is 2.70. The fourth-order valence-corrected chi connectivity index (χ4v) is 2.91. The van der Waals surface area contributed by atoms with E-state index in [0.717, 1.165) is 0 Å². The number of nitrogens with one attached hydrogen (secondary N) is 1. The number of rotatable bonds is 3. The highest BCUT2D eigenvalue weighted by molar-refractivity contribution is 6.07. The molecule has 1 saturated heterocycles. The molecule has 2 N–H and O–H groups in total. The van der Waals surface area contributed by atoms with E-state index >= 15 is 0 Å². The molecule has 27 heavy (non-hydrogen) atoms. The molecule has 0 radical (unpaired) electrons. The second-order valence-corrected chi connectivity index (χ2v) is 6.12. The maximum Gasteiger partial charge on any atom is 0.262 e. The van der Waals surface area contributed by atoms with Gasteiger partial charge in [0.05, 0.1) is 13.2 Å². The Balaban J connectivity index is 1.86. The monoisotopic (exact) mass is 376 g/mol. The van der Waals surface area contributed by atoms with Gasteiger partial charge in [-0.05, 0) is 24.6 Å². The molecular formula is C19H18F2N2O4. The number of morpholine rings is 1. The SMILES string of the molecule is Cc1c(NC(=O)c2c(O)cc(F)cc2F)cccc1C(=O)N1CCOCC1. The number of hydrogen-bond acceptors (Lipinski definition) is 4. The Kier molecular flexibility index (Phi) is 5.36. The summed E-state index contributed by atoms with van der Waals surface area (Å²) in [6, 6.07) is 5.96. The molecule has 3 rings (SSSR count). The number of hydrogen-bond donors (Lipinski definition) is 2. The lowest BCUT2D eigenvalue weighted by Gasteiger charge is -2.27. The first-order valence-corrected chi connectivity index (χ1v) is 8.34. The first-order valence-electron chi connectivity index (χ1n) is 8.34. The van der Waals surface area contributed by atoms with Crippen molar-refractivity contribution in [1.82, 2.24) is 4.90 Å². The van der Waals surface area contributed by atoms with Gasteiger partial charge in [-0.15, -0.1) is 0 Å². The molecule has 2 aromatic carbocycles. The molecule has 0 spiro atoms. The maximum atomic E-state index is 13.9. The second kappa shape index (κ2) is 7.71. The Morgan fingerprint density at radius 1 is 1.19 bits per heavy atom. The summed E-state index contributed by atoms with van der Waals surface area (Å²) in [6.07, 6.45) is 0. The summed E-state index contributed by atoms with van der Waals surface area (Å²) in [4.78, 5) is 26.7. The number of nitrogens with zero attached hydrogens (tertiary/aromatic N) is 1. The molecule has 0 atom stereocenters. The largest absolute Gasteiger partial charge is 0.507 e. The summed E-state index contributed by atoms with van der Waals surface area (Å²) in [5.41, 5.74) is 0.533. The lowest BCUT2D eigenvalue weighted by molar-refractivity contribution is 0.0302. The number of carbonyl (C=O) groups is 2. The first kappa shape index (κ1) is 18.8. The van der Waals surface area contributed by atoms with Crippen LogP contribution in [0.15, 0.2) is 30.3 Å². The Bertz CT molecular complexity index is 872. The fraction of sp³-hybridized carbons (Fsp3) is 0.263. The molecule has 1 heterocycles. The van der Waals surface area contributed by atoms with Crippen LogP contribution >= 0.6 is 0 Å². The number of phenols is 1. The van der Waals surface area contributed by atoms with Gasteiger partial charge in [0, 0.05) is 36.5 Å². The van der Waals surface area contributed by atoms with Crippen LogP contribution in [-0.4, -0.2) is 48.1 Å². The summed E-state index contributed by atoms with van der Waals surface area (Å²) in [5, 5.41) is 12.2. The molecule has 0 aliphatic carbocycles. The Labute approximate surface area is 154 Å². The number of benzene rings is 2. The number of anilines is 1. The third kappa shape index (κ3) is 3.90. The second-order valence-electron chi connectivity index (χ2n) is 6.12. The molecule has 2 aromatic rings. The van der Waals surface area contributed by atoms with Gasteiger partial charge in [-0.2, -0.15) is 0 Å². The highest BCUT2D eigenvalue weighted by Gasteiger charge is 2.23. The highest BCUT2D eigenvalue weighted by atomic mass is 19.1. The summed E-state index contributed by atoms with van der Waals surface area (Å²) in [6.45, 7) is 3.53. The molecule has 2 amide bonds. The van der Waals surface area contributed by atoms with Crippen LogP contribution in [0.25, 0.3) is 0 Å². The lowest BCUT2D eigenvalue weighted by Crippen LogP contribution is -2.41. The van der Waals surface area contributed by atoms with Crippen molar-refractivity contribution in [3.05, 3.63) is 58.7 Å². The molecule has 6 nitrogen and oxygen atoms in total. The molecule has 1 fully saturated rings. The minimum Gasteiger partial charge on any atom is -0.507 e. The lowest BCUT2D eigenvalue weighted by atomic mass is 10.0. The van der Waals surface area contributed by atoms with E-state index in [1.54, 1.807) is 30.0 Å². The molecule has 1 aliphatic rings. The summed E-state index contributed by atoms with van der Waals surface area (Å²) in [5.74, 6) is -4.10. The third-order valence-electron chi connectivity index (χ3n) is 4.37. The zero-order chi connectivity index (χ0) is 19.6. The minimum atomic E-state index is -1.18. The van der Waals surface area contributed by atoms with Gasteiger partial charge in [-0.3, -0.25) is 9.59 Å².